The van der Waals surface area contributed by atoms with Gasteiger partial charge in [0.15, 0.2) is 5.82 Å². The highest BCUT2D eigenvalue weighted by Crippen LogP contribution is 2.38. The third-order valence-corrected chi connectivity index (χ3v) is 3.37. The molecule has 1 saturated carbocycles. The second-order valence-electron chi connectivity index (χ2n) is 4.51. The predicted octanol–water partition coefficient (Wildman–Crippen LogP) is 2.78. The molecule has 0 amide bonds. The van der Waals surface area contributed by atoms with Crippen LogP contribution in [-0.2, 0) is 0 Å². The standard InChI is InChI=1S/C12H16F2N2/c1-7(8-3-4-8)16(2)11-6-9(13)5-10(14)12(11)15/h5-8H,3-4,15H2,1-2H3. The monoisotopic (exact) mass is 226 g/mol. The highest BCUT2D eigenvalue weighted by molar-refractivity contribution is 5.68. The zero-order valence-electron chi connectivity index (χ0n) is 9.50. The molecule has 0 spiro atoms. The van der Waals surface area contributed by atoms with Crippen molar-refractivity contribution in [3.05, 3.63) is 23.8 Å². The van der Waals surface area contributed by atoms with Crippen LogP contribution in [0.2, 0.25) is 0 Å². The molecular formula is C12H16F2N2. The van der Waals surface area contributed by atoms with Gasteiger partial charge in [-0.05, 0) is 31.7 Å². The van der Waals surface area contributed by atoms with Crippen molar-refractivity contribution in [2.75, 3.05) is 17.7 Å². The zero-order chi connectivity index (χ0) is 11.9. The maximum absolute atomic E-state index is 13.3. The van der Waals surface area contributed by atoms with Gasteiger partial charge in [0.25, 0.3) is 0 Å². The number of anilines is 2. The molecule has 1 aromatic carbocycles. The number of nitrogen functional groups attached to an aromatic ring is 1. The number of nitrogens with zero attached hydrogens (tertiary/aromatic N) is 1. The van der Waals surface area contributed by atoms with Gasteiger partial charge in [-0.2, -0.15) is 0 Å². The minimum atomic E-state index is -0.690. The number of hydrogen-bond donors (Lipinski definition) is 1. The van der Waals surface area contributed by atoms with E-state index in [4.69, 9.17) is 5.73 Å². The molecule has 2 N–H and O–H groups in total. The molecule has 0 aliphatic heterocycles. The lowest BCUT2D eigenvalue weighted by Crippen LogP contribution is -2.31. The van der Waals surface area contributed by atoms with E-state index < -0.39 is 11.6 Å². The van der Waals surface area contributed by atoms with Crippen LogP contribution in [0.4, 0.5) is 20.2 Å². The summed E-state index contributed by atoms with van der Waals surface area (Å²) in [6, 6.07) is 2.37. The van der Waals surface area contributed by atoms with Crippen molar-refractivity contribution in [2.24, 2.45) is 5.92 Å². The molecule has 0 saturated heterocycles. The highest BCUT2D eigenvalue weighted by Gasteiger charge is 2.31. The Balaban J connectivity index is 2.31. The Labute approximate surface area is 94.0 Å². The van der Waals surface area contributed by atoms with Gasteiger partial charge in [-0.15, -0.1) is 0 Å². The molecule has 88 valence electrons. The Kier molecular flexibility index (Phi) is 2.74. The Morgan fingerprint density at radius 1 is 1.38 bits per heavy atom. The second-order valence-corrected chi connectivity index (χ2v) is 4.51. The number of hydrogen-bond acceptors (Lipinski definition) is 2. The number of nitrogens with two attached hydrogens (primary N) is 1. The van der Waals surface area contributed by atoms with Gasteiger partial charge >= 0.3 is 0 Å². The summed E-state index contributed by atoms with van der Waals surface area (Å²) in [5.74, 6) is -0.655. The van der Waals surface area contributed by atoms with Crippen molar-refractivity contribution in [3.63, 3.8) is 0 Å². The fourth-order valence-corrected chi connectivity index (χ4v) is 1.98. The third-order valence-electron chi connectivity index (χ3n) is 3.37. The fraction of sp³-hybridized carbons (Fsp3) is 0.500. The summed E-state index contributed by atoms with van der Waals surface area (Å²) in [6.07, 6.45) is 2.37. The summed E-state index contributed by atoms with van der Waals surface area (Å²) in [4.78, 5) is 1.86. The number of benzene rings is 1. The molecule has 1 aromatic rings. The van der Waals surface area contributed by atoms with Gasteiger partial charge in [-0.1, -0.05) is 0 Å². The molecule has 2 rings (SSSR count). The molecule has 1 aliphatic rings. The van der Waals surface area contributed by atoms with Crippen LogP contribution in [0.1, 0.15) is 19.8 Å². The molecule has 16 heavy (non-hydrogen) atoms. The van der Waals surface area contributed by atoms with E-state index in [0.717, 1.165) is 6.07 Å². The first-order chi connectivity index (χ1) is 7.50. The molecule has 0 radical (unpaired) electrons. The van der Waals surface area contributed by atoms with E-state index in [0.29, 0.717) is 11.6 Å². The quantitative estimate of drug-likeness (QED) is 0.803. The number of rotatable bonds is 3. The topological polar surface area (TPSA) is 29.3 Å². The summed E-state index contributed by atoms with van der Waals surface area (Å²) in [7, 11) is 1.83. The van der Waals surface area contributed by atoms with Crippen molar-refractivity contribution in [1.82, 2.24) is 0 Å². The summed E-state index contributed by atoms with van der Waals surface area (Å²) in [5.41, 5.74) is 6.09. The molecule has 0 heterocycles. The van der Waals surface area contributed by atoms with Crippen LogP contribution in [0.5, 0.6) is 0 Å². The van der Waals surface area contributed by atoms with Crippen molar-refractivity contribution in [3.8, 4) is 0 Å². The van der Waals surface area contributed by atoms with Crippen LogP contribution < -0.4 is 10.6 Å². The Morgan fingerprint density at radius 2 is 2.00 bits per heavy atom. The molecule has 2 nitrogen and oxygen atoms in total. The van der Waals surface area contributed by atoms with Crippen LogP contribution in [0.25, 0.3) is 0 Å². The van der Waals surface area contributed by atoms with Gasteiger partial charge in [0.05, 0.1) is 11.4 Å². The van der Waals surface area contributed by atoms with E-state index in [-0.39, 0.29) is 11.7 Å². The van der Waals surface area contributed by atoms with E-state index in [1.807, 2.05) is 11.9 Å². The summed E-state index contributed by atoms with van der Waals surface area (Å²) in [6.45, 7) is 2.06. The highest BCUT2D eigenvalue weighted by atomic mass is 19.1. The lowest BCUT2D eigenvalue weighted by atomic mass is 10.1. The van der Waals surface area contributed by atoms with Crippen molar-refractivity contribution >= 4 is 11.4 Å². The lowest BCUT2D eigenvalue weighted by molar-refractivity contribution is 0.576. The van der Waals surface area contributed by atoms with E-state index in [9.17, 15) is 8.78 Å². The fourth-order valence-electron chi connectivity index (χ4n) is 1.98. The van der Waals surface area contributed by atoms with Crippen LogP contribution in [0, 0.1) is 17.6 Å². The summed E-state index contributed by atoms with van der Waals surface area (Å²) in [5, 5.41) is 0. The van der Waals surface area contributed by atoms with E-state index in [1.165, 1.54) is 18.9 Å². The van der Waals surface area contributed by atoms with Gasteiger partial charge in [-0.3, -0.25) is 0 Å². The van der Waals surface area contributed by atoms with Gasteiger partial charge in [0.2, 0.25) is 0 Å². The largest absolute Gasteiger partial charge is 0.395 e. The molecule has 1 fully saturated rings. The van der Waals surface area contributed by atoms with Crippen LogP contribution in [0.15, 0.2) is 12.1 Å². The molecule has 1 unspecified atom stereocenters. The smallest absolute Gasteiger partial charge is 0.151 e. The van der Waals surface area contributed by atoms with E-state index in [1.54, 1.807) is 0 Å². The van der Waals surface area contributed by atoms with Crippen molar-refractivity contribution < 1.29 is 8.78 Å². The van der Waals surface area contributed by atoms with Gasteiger partial charge in [0, 0.05) is 19.2 Å². The summed E-state index contributed by atoms with van der Waals surface area (Å²) >= 11 is 0. The van der Waals surface area contributed by atoms with Crippen LogP contribution >= 0.6 is 0 Å². The first kappa shape index (κ1) is 11.2. The Bertz CT molecular complexity index is 402. The molecule has 1 atom stereocenters. The molecule has 0 bridgehead atoms. The van der Waals surface area contributed by atoms with Gasteiger partial charge in [0.1, 0.15) is 5.82 Å². The molecular weight excluding hydrogens is 210 g/mol. The first-order valence-electron chi connectivity index (χ1n) is 5.48. The second kappa shape index (κ2) is 3.92. The molecule has 0 aromatic heterocycles. The third kappa shape index (κ3) is 1.96. The van der Waals surface area contributed by atoms with Crippen LogP contribution in [0.3, 0.4) is 0 Å². The zero-order valence-corrected chi connectivity index (χ0v) is 9.50. The van der Waals surface area contributed by atoms with Crippen LogP contribution in [-0.4, -0.2) is 13.1 Å². The Morgan fingerprint density at radius 3 is 2.56 bits per heavy atom. The lowest BCUT2D eigenvalue weighted by Gasteiger charge is -2.28. The minimum absolute atomic E-state index is 0.0244. The SMILES string of the molecule is CC(C1CC1)N(C)c1cc(F)cc(F)c1N. The van der Waals surface area contributed by atoms with Crippen molar-refractivity contribution in [1.29, 1.82) is 0 Å². The molecule has 1 aliphatic carbocycles. The number of halogens is 2. The van der Waals surface area contributed by atoms with E-state index in [2.05, 4.69) is 6.92 Å². The Hall–Kier alpha value is -1.32. The maximum atomic E-state index is 13.3. The predicted molar refractivity (Wildman–Crippen MR) is 61.4 cm³/mol. The molecule has 4 heteroatoms. The van der Waals surface area contributed by atoms with Crippen molar-refractivity contribution in [2.45, 2.75) is 25.8 Å². The normalized spacial score (nSPS) is 17.2. The van der Waals surface area contributed by atoms with Gasteiger partial charge in [-0.25, -0.2) is 8.78 Å². The maximum Gasteiger partial charge on any atom is 0.151 e. The van der Waals surface area contributed by atoms with Gasteiger partial charge < -0.3 is 10.6 Å². The first-order valence-corrected chi connectivity index (χ1v) is 5.48. The van der Waals surface area contributed by atoms with E-state index >= 15 is 0 Å². The average Bonchev–Trinajstić information content (AvgIpc) is 3.05. The average molecular weight is 226 g/mol. The summed E-state index contributed by atoms with van der Waals surface area (Å²) < 4.78 is 26.4. The minimum Gasteiger partial charge on any atom is -0.395 e.